The molecule has 0 aliphatic heterocycles. The Labute approximate surface area is 656 Å². The highest BCUT2D eigenvalue weighted by Gasteiger charge is 2.34. The molecular weight excluding hydrogens is 1350 g/mol. The van der Waals surface area contributed by atoms with Gasteiger partial charge in [0.05, 0.1) is 25.3 Å². The summed E-state index contributed by atoms with van der Waals surface area (Å²) in [5.41, 5.74) is 34.2. The molecule has 0 amide bonds. The minimum absolute atomic E-state index is 0.237. The molecule has 8 heteroatoms. The monoisotopic (exact) mass is 1490 g/mol. The molecule has 8 aromatic carbocycles. The van der Waals surface area contributed by atoms with E-state index in [1.807, 2.05) is 0 Å². The summed E-state index contributed by atoms with van der Waals surface area (Å²) in [7, 11) is 2.70. The summed E-state index contributed by atoms with van der Waals surface area (Å²) in [5.74, 6) is 6.16. The molecule has 8 aromatic rings. The Hall–Kier alpha value is -7.06. The number of methoxy groups -OCH3 is 2. The largest absolute Gasteiger partial charge is 0.497 e. The Morgan fingerprint density at radius 3 is 0.759 bits per heavy atom. The van der Waals surface area contributed by atoms with E-state index in [1.54, 1.807) is 26.0 Å². The van der Waals surface area contributed by atoms with Crippen LogP contribution in [0.1, 0.15) is 360 Å². The van der Waals surface area contributed by atoms with Gasteiger partial charge in [0.15, 0.2) is 0 Å². The molecule has 600 valence electrons. The zero-order valence-electron chi connectivity index (χ0n) is 75.1. The van der Waals surface area contributed by atoms with E-state index in [9.17, 15) is 26.3 Å². The Kier molecular flexibility index (Phi) is 39.9. The molecule has 2 nitrogen and oxygen atoms in total. The lowest BCUT2D eigenvalue weighted by atomic mass is 9.84. The number of hydrogen-bond acceptors (Lipinski definition) is 2. The molecule has 0 fully saturated rings. The maximum atomic E-state index is 12.5. The van der Waals surface area contributed by atoms with Crippen LogP contribution in [-0.4, -0.2) is 14.2 Å². The number of hydrogen-bond donors (Lipinski definition) is 0. The van der Waals surface area contributed by atoms with Crippen molar-refractivity contribution in [2.45, 2.75) is 334 Å². The molecule has 0 aliphatic carbocycles. The van der Waals surface area contributed by atoms with Gasteiger partial charge in [-0.05, 0) is 340 Å². The first-order chi connectivity index (χ1) is 49.4. The van der Waals surface area contributed by atoms with Crippen LogP contribution in [0.15, 0.2) is 103 Å². The molecule has 0 N–H and O–H groups in total. The van der Waals surface area contributed by atoms with E-state index in [2.05, 4.69) is 314 Å². The van der Waals surface area contributed by atoms with E-state index in [1.165, 1.54) is 156 Å². The fourth-order valence-electron chi connectivity index (χ4n) is 13.4. The van der Waals surface area contributed by atoms with E-state index in [4.69, 9.17) is 9.47 Å². The molecule has 0 aromatic heterocycles. The van der Waals surface area contributed by atoms with Crippen LogP contribution >= 0.6 is 0 Å². The second-order valence-electron chi connectivity index (χ2n) is 34.1. The highest BCUT2D eigenvalue weighted by Crippen LogP contribution is 2.39. The smallest absolute Gasteiger partial charge is 0.416 e. The van der Waals surface area contributed by atoms with Crippen LogP contribution in [0.5, 0.6) is 11.5 Å². The van der Waals surface area contributed by atoms with Crippen molar-refractivity contribution in [1.82, 2.24) is 0 Å². The van der Waals surface area contributed by atoms with Crippen molar-refractivity contribution in [2.24, 2.45) is 0 Å². The third-order valence-electron chi connectivity index (χ3n) is 21.2. The van der Waals surface area contributed by atoms with Crippen molar-refractivity contribution in [1.29, 1.82) is 0 Å². The second-order valence-corrected chi connectivity index (χ2v) is 34.1. The van der Waals surface area contributed by atoms with Gasteiger partial charge in [-0.2, -0.15) is 26.3 Å². The van der Waals surface area contributed by atoms with Crippen LogP contribution in [-0.2, 0) is 17.8 Å². The zero-order valence-corrected chi connectivity index (χ0v) is 75.1. The quantitative estimate of drug-likeness (QED) is 0.120. The average molecular weight is 1490 g/mol. The summed E-state index contributed by atoms with van der Waals surface area (Å²) < 4.78 is 84.5. The van der Waals surface area contributed by atoms with Gasteiger partial charge >= 0.3 is 12.4 Å². The highest BCUT2D eigenvalue weighted by molar-refractivity contribution is 5.47. The van der Waals surface area contributed by atoms with Crippen molar-refractivity contribution in [2.75, 3.05) is 14.2 Å². The fourth-order valence-corrected chi connectivity index (χ4v) is 13.4. The van der Waals surface area contributed by atoms with E-state index >= 15 is 0 Å². The third-order valence-corrected chi connectivity index (χ3v) is 21.2. The van der Waals surface area contributed by atoms with Gasteiger partial charge in [0, 0.05) is 0 Å². The molecule has 0 saturated carbocycles. The van der Waals surface area contributed by atoms with Crippen molar-refractivity contribution < 1.29 is 35.8 Å². The fraction of sp³-hybridized carbons (Fsp3) is 0.520. The SMILES string of the molecule is COc1cc(C)c(C)c(C(F)(F)F)c1.COc1cc(C)c(C)c(C(F)(F)F)c1.Cc1c(C(C)C)cc(C(C)C)cc1C(C)C.Cc1c(C(C)C)cccc1C(C)C.Cc1cc(C(C)(C)C)cc(C)c1C.Cc1cc(C(C)C)c(C)c(C(C)C)c1.Cc1cc(C(C)C)cc(C)c1C.Cc1cc(C)c(C)c(C(C)C)c1. The highest BCUT2D eigenvalue weighted by atomic mass is 19.4. The van der Waals surface area contributed by atoms with Crippen LogP contribution in [0.2, 0.25) is 0 Å². The van der Waals surface area contributed by atoms with Gasteiger partial charge in [-0.3, -0.25) is 0 Å². The Morgan fingerprint density at radius 1 is 0.250 bits per heavy atom. The number of aryl methyl sites for hydroxylation is 9. The van der Waals surface area contributed by atoms with Crippen molar-refractivity contribution >= 4 is 0 Å². The van der Waals surface area contributed by atoms with Crippen molar-refractivity contribution in [3.8, 4) is 11.5 Å². The number of ether oxygens (including phenoxy) is 2. The maximum Gasteiger partial charge on any atom is 0.416 e. The van der Waals surface area contributed by atoms with Gasteiger partial charge in [0.25, 0.3) is 0 Å². The topological polar surface area (TPSA) is 18.5 Å². The van der Waals surface area contributed by atoms with Gasteiger partial charge in [0.1, 0.15) is 11.5 Å². The average Bonchev–Trinajstić information content (AvgIpc) is 0.810. The van der Waals surface area contributed by atoms with Gasteiger partial charge in [-0.1, -0.05) is 235 Å². The Morgan fingerprint density at radius 2 is 0.491 bits per heavy atom. The number of benzene rings is 8. The van der Waals surface area contributed by atoms with E-state index in [0.717, 1.165) is 12.1 Å². The maximum absolute atomic E-state index is 12.5. The molecule has 108 heavy (non-hydrogen) atoms. The predicted octanol–water partition coefficient (Wildman–Crippen LogP) is 32.2. The normalized spacial score (nSPS) is 11.4. The molecule has 0 radical (unpaired) electrons. The molecule has 0 heterocycles. The second kappa shape index (κ2) is 43.5. The van der Waals surface area contributed by atoms with E-state index in [0.29, 0.717) is 64.4 Å². The first kappa shape index (κ1) is 98.9. The molecule has 0 unspecified atom stereocenters. The van der Waals surface area contributed by atoms with Gasteiger partial charge in [0.2, 0.25) is 0 Å². The molecule has 0 aliphatic rings. The standard InChI is InChI=1S/C16H26.C14H22.2C13H20.2C12H18.2C10H11F3O/c1-10(2)14-8-15(11(3)4)13(7)16(9-14)12(5)6;1-9(2)13-7-11(5)8-14(10(3)4)12(13)6;1-9-7-12(13(4,5)6)8-10(2)11(9)3;1-9(2)12-7-6-8-13(10(3)4)11(12)5;1-8(2)12-6-9(3)11(5)10(4)7-12;1-8(2)12-7-9(3)6-10(4)11(12)5;2*1-6-4-8(14-3)5-9(7(6)2)10(11,12)13/h8-12H,1-7H3;7-10H,1-6H3;7-8H,1-6H3;6-10H,1-5H3;2*6-8H,1-5H3;2*4-5H,1-3H3. The number of alkyl halides is 6. The lowest BCUT2D eigenvalue weighted by Gasteiger charge is -2.21. The first-order valence-corrected chi connectivity index (χ1v) is 39.4. The minimum atomic E-state index is -4.32. The lowest BCUT2D eigenvalue weighted by molar-refractivity contribution is -0.139. The first-order valence-electron chi connectivity index (χ1n) is 39.4. The van der Waals surface area contributed by atoms with Gasteiger partial charge in [-0.15, -0.1) is 0 Å². The Balaban J connectivity index is 0.000000618. The summed E-state index contributed by atoms with van der Waals surface area (Å²) in [6.07, 6.45) is -8.63. The third kappa shape index (κ3) is 30.3. The molecule has 0 atom stereocenters. The van der Waals surface area contributed by atoms with Crippen LogP contribution in [0.25, 0.3) is 0 Å². The molecule has 0 bridgehead atoms. The molecule has 0 spiro atoms. The summed E-state index contributed by atoms with van der Waals surface area (Å²) in [6, 6.07) is 35.1. The van der Waals surface area contributed by atoms with Gasteiger partial charge < -0.3 is 9.47 Å². The summed E-state index contributed by atoms with van der Waals surface area (Å²) >= 11 is 0. The number of halogens is 6. The van der Waals surface area contributed by atoms with Crippen LogP contribution < -0.4 is 9.47 Å². The minimum Gasteiger partial charge on any atom is -0.497 e. The molecular formula is C100H146F6O2. The summed E-state index contributed by atoms with van der Waals surface area (Å²) in [4.78, 5) is 0. The van der Waals surface area contributed by atoms with Gasteiger partial charge in [-0.25, -0.2) is 0 Å². The summed E-state index contributed by atoms with van der Waals surface area (Å²) in [5, 5.41) is 0. The van der Waals surface area contributed by atoms with Crippen molar-refractivity contribution in [3.05, 3.63) is 264 Å². The molecule has 8 rings (SSSR count). The summed E-state index contributed by atoms with van der Waals surface area (Å²) in [6.45, 7) is 82.4. The number of rotatable bonds is 11. The van der Waals surface area contributed by atoms with Crippen molar-refractivity contribution in [3.63, 3.8) is 0 Å². The molecule has 0 saturated heterocycles. The predicted molar refractivity (Wildman–Crippen MR) is 461 cm³/mol. The zero-order chi connectivity index (χ0) is 84.0. The van der Waals surface area contributed by atoms with Crippen LogP contribution in [0, 0.1) is 118 Å². The van der Waals surface area contributed by atoms with E-state index < -0.39 is 23.5 Å². The van der Waals surface area contributed by atoms with Crippen LogP contribution in [0.3, 0.4) is 0 Å². The van der Waals surface area contributed by atoms with E-state index in [-0.39, 0.29) is 28.0 Å². The lowest BCUT2D eigenvalue weighted by Crippen LogP contribution is -2.12. The Bertz CT molecular complexity index is 3930. The van der Waals surface area contributed by atoms with Crippen LogP contribution in [0.4, 0.5) is 26.3 Å².